The lowest BCUT2D eigenvalue weighted by Crippen LogP contribution is -2.03. The van der Waals surface area contributed by atoms with Crippen LogP contribution in [0.1, 0.15) is 5.56 Å². The molecule has 4 nitrogen and oxygen atoms in total. The molecular weight excluding hydrogens is 208 g/mol. The van der Waals surface area contributed by atoms with E-state index in [1.807, 2.05) is 0 Å². The van der Waals surface area contributed by atoms with Gasteiger partial charge < -0.3 is 19.3 Å². The summed E-state index contributed by atoms with van der Waals surface area (Å²) in [5.41, 5.74) is 0.645. The van der Waals surface area contributed by atoms with Gasteiger partial charge >= 0.3 is 0 Å². The zero-order valence-electron chi connectivity index (χ0n) is 9.53. The molecule has 1 aromatic rings. The number of hydrogen-bond acceptors (Lipinski definition) is 4. The van der Waals surface area contributed by atoms with Crippen molar-refractivity contribution in [3.05, 3.63) is 30.4 Å². The Labute approximate surface area is 95.1 Å². The van der Waals surface area contributed by atoms with Gasteiger partial charge in [0.05, 0.1) is 7.11 Å². The van der Waals surface area contributed by atoms with Crippen LogP contribution in [0.2, 0.25) is 0 Å². The Morgan fingerprint density at radius 1 is 1.38 bits per heavy atom. The molecule has 0 atom stereocenters. The van der Waals surface area contributed by atoms with Crippen LogP contribution in [0.4, 0.5) is 0 Å². The minimum absolute atomic E-state index is 0.101. The molecule has 1 N–H and O–H groups in total. The molecular formula is C12H16O4. The van der Waals surface area contributed by atoms with Crippen molar-refractivity contribution >= 4 is 0 Å². The fourth-order valence-corrected chi connectivity index (χ4v) is 1.37. The maximum absolute atomic E-state index is 9.72. The van der Waals surface area contributed by atoms with E-state index in [-0.39, 0.29) is 12.5 Å². The molecule has 0 heterocycles. The van der Waals surface area contributed by atoms with Crippen LogP contribution in [0.15, 0.2) is 24.8 Å². The Balaban J connectivity index is 3.13. The van der Waals surface area contributed by atoms with E-state index in [2.05, 4.69) is 6.58 Å². The summed E-state index contributed by atoms with van der Waals surface area (Å²) in [6.07, 6.45) is 2.19. The highest BCUT2D eigenvalue weighted by molar-refractivity contribution is 5.54. The van der Waals surface area contributed by atoms with Crippen molar-refractivity contribution < 1.29 is 19.3 Å². The van der Waals surface area contributed by atoms with Gasteiger partial charge in [0.1, 0.15) is 5.75 Å². The van der Waals surface area contributed by atoms with Crippen molar-refractivity contribution in [2.24, 2.45) is 0 Å². The van der Waals surface area contributed by atoms with E-state index in [1.54, 1.807) is 25.3 Å². The molecule has 0 aliphatic rings. The van der Waals surface area contributed by atoms with Crippen LogP contribution in [0.5, 0.6) is 17.2 Å². The average molecular weight is 224 g/mol. The monoisotopic (exact) mass is 224 g/mol. The molecule has 0 aliphatic carbocycles. The number of hydrogen-bond donors (Lipinski definition) is 1. The largest absolute Gasteiger partial charge is 0.508 e. The molecule has 0 unspecified atom stereocenters. The maximum Gasteiger partial charge on any atom is 0.188 e. The summed E-state index contributed by atoms with van der Waals surface area (Å²) >= 11 is 0. The topological polar surface area (TPSA) is 47.9 Å². The van der Waals surface area contributed by atoms with E-state index in [0.29, 0.717) is 23.5 Å². The third-order valence-electron chi connectivity index (χ3n) is 2.09. The van der Waals surface area contributed by atoms with Crippen molar-refractivity contribution in [2.45, 2.75) is 6.42 Å². The van der Waals surface area contributed by atoms with E-state index >= 15 is 0 Å². The third kappa shape index (κ3) is 2.67. The SMILES string of the molecule is C=CCc1c(O)ccc(OC)c1OCOC. The quantitative estimate of drug-likeness (QED) is 0.594. The molecule has 0 radical (unpaired) electrons. The number of methoxy groups -OCH3 is 2. The standard InChI is InChI=1S/C12H16O4/c1-4-5-9-10(13)6-7-11(15-3)12(9)16-8-14-2/h4,6-7,13H,1,5,8H2,2-3H3. The van der Waals surface area contributed by atoms with Gasteiger partial charge in [-0.05, 0) is 18.6 Å². The van der Waals surface area contributed by atoms with Crippen LogP contribution in [-0.4, -0.2) is 26.1 Å². The van der Waals surface area contributed by atoms with Crippen LogP contribution in [0.3, 0.4) is 0 Å². The summed E-state index contributed by atoms with van der Waals surface area (Å²) in [4.78, 5) is 0. The predicted octanol–water partition coefficient (Wildman–Crippen LogP) is 2.11. The van der Waals surface area contributed by atoms with E-state index in [9.17, 15) is 5.11 Å². The van der Waals surface area contributed by atoms with Gasteiger partial charge in [-0.25, -0.2) is 0 Å². The van der Waals surface area contributed by atoms with E-state index in [4.69, 9.17) is 14.2 Å². The maximum atomic E-state index is 9.72. The third-order valence-corrected chi connectivity index (χ3v) is 2.09. The van der Waals surface area contributed by atoms with Gasteiger partial charge in [0.15, 0.2) is 18.3 Å². The smallest absolute Gasteiger partial charge is 0.188 e. The predicted molar refractivity (Wildman–Crippen MR) is 61.1 cm³/mol. The number of allylic oxidation sites excluding steroid dienone is 1. The fourth-order valence-electron chi connectivity index (χ4n) is 1.37. The zero-order valence-corrected chi connectivity index (χ0v) is 9.53. The van der Waals surface area contributed by atoms with Gasteiger partial charge in [-0.15, -0.1) is 6.58 Å². The Hall–Kier alpha value is -1.68. The van der Waals surface area contributed by atoms with E-state index in [1.165, 1.54) is 7.11 Å². The number of aromatic hydroxyl groups is 1. The highest BCUT2D eigenvalue weighted by Crippen LogP contribution is 2.37. The summed E-state index contributed by atoms with van der Waals surface area (Å²) < 4.78 is 15.4. The number of benzene rings is 1. The zero-order chi connectivity index (χ0) is 12.0. The second-order valence-corrected chi connectivity index (χ2v) is 3.14. The first-order chi connectivity index (χ1) is 7.74. The number of phenols is 1. The van der Waals surface area contributed by atoms with Crippen molar-refractivity contribution in [1.82, 2.24) is 0 Å². The summed E-state index contributed by atoms with van der Waals surface area (Å²) in [5, 5.41) is 9.72. The molecule has 1 rings (SSSR count). The van der Waals surface area contributed by atoms with Gasteiger partial charge in [0, 0.05) is 12.7 Å². The lowest BCUT2D eigenvalue weighted by Gasteiger charge is -2.14. The Kier molecular flexibility index (Phi) is 4.66. The lowest BCUT2D eigenvalue weighted by atomic mass is 10.1. The molecule has 16 heavy (non-hydrogen) atoms. The molecule has 0 aliphatic heterocycles. The summed E-state index contributed by atoms with van der Waals surface area (Å²) in [6.45, 7) is 3.74. The van der Waals surface area contributed by atoms with Gasteiger partial charge in [0.2, 0.25) is 0 Å². The first kappa shape index (κ1) is 12.4. The highest BCUT2D eigenvalue weighted by atomic mass is 16.7. The Morgan fingerprint density at radius 3 is 2.69 bits per heavy atom. The molecule has 0 amide bonds. The van der Waals surface area contributed by atoms with Crippen molar-refractivity contribution in [3.63, 3.8) is 0 Å². The molecule has 0 saturated carbocycles. The fraction of sp³-hybridized carbons (Fsp3) is 0.333. The summed E-state index contributed by atoms with van der Waals surface area (Å²) in [7, 11) is 3.08. The second-order valence-electron chi connectivity index (χ2n) is 3.14. The van der Waals surface area contributed by atoms with Crippen molar-refractivity contribution in [1.29, 1.82) is 0 Å². The van der Waals surface area contributed by atoms with Crippen molar-refractivity contribution in [2.75, 3.05) is 21.0 Å². The molecule has 4 heteroatoms. The van der Waals surface area contributed by atoms with Gasteiger partial charge in [-0.2, -0.15) is 0 Å². The minimum atomic E-state index is 0.101. The number of rotatable bonds is 6. The Morgan fingerprint density at radius 2 is 2.12 bits per heavy atom. The van der Waals surface area contributed by atoms with Crippen LogP contribution >= 0.6 is 0 Å². The van der Waals surface area contributed by atoms with Crippen LogP contribution in [-0.2, 0) is 11.2 Å². The lowest BCUT2D eigenvalue weighted by molar-refractivity contribution is 0.0483. The van der Waals surface area contributed by atoms with Gasteiger partial charge in [-0.3, -0.25) is 0 Å². The molecule has 0 aromatic heterocycles. The molecule has 0 saturated heterocycles. The molecule has 1 aromatic carbocycles. The van der Waals surface area contributed by atoms with Crippen LogP contribution in [0.25, 0.3) is 0 Å². The van der Waals surface area contributed by atoms with E-state index < -0.39 is 0 Å². The van der Waals surface area contributed by atoms with Gasteiger partial charge in [-0.1, -0.05) is 6.08 Å². The van der Waals surface area contributed by atoms with Gasteiger partial charge in [0.25, 0.3) is 0 Å². The first-order valence-electron chi connectivity index (χ1n) is 4.86. The van der Waals surface area contributed by atoms with Crippen LogP contribution in [0, 0.1) is 0 Å². The Bertz CT molecular complexity index is 360. The molecule has 0 spiro atoms. The molecule has 88 valence electrons. The number of ether oxygens (including phenoxy) is 3. The second kappa shape index (κ2) is 6.02. The summed E-state index contributed by atoms with van der Waals surface area (Å²) in [5.74, 6) is 1.21. The molecule has 0 bridgehead atoms. The normalized spacial score (nSPS) is 9.88. The number of phenolic OH excluding ortho intramolecular Hbond substituents is 1. The van der Waals surface area contributed by atoms with Crippen LogP contribution < -0.4 is 9.47 Å². The summed E-state index contributed by atoms with van der Waals surface area (Å²) in [6, 6.07) is 3.21. The average Bonchev–Trinajstić information content (AvgIpc) is 2.30. The van der Waals surface area contributed by atoms with Crippen molar-refractivity contribution in [3.8, 4) is 17.2 Å². The van der Waals surface area contributed by atoms with E-state index in [0.717, 1.165) is 0 Å². The highest BCUT2D eigenvalue weighted by Gasteiger charge is 2.14. The molecule has 0 fully saturated rings. The first-order valence-corrected chi connectivity index (χ1v) is 4.86. The minimum Gasteiger partial charge on any atom is -0.508 e.